The highest BCUT2D eigenvalue weighted by Gasteiger charge is 2.37. The zero-order valence-electron chi connectivity index (χ0n) is 15.4. The normalized spacial score (nSPS) is 16.7. The van der Waals surface area contributed by atoms with Gasteiger partial charge in [0.2, 0.25) is 5.88 Å². The summed E-state index contributed by atoms with van der Waals surface area (Å²) >= 11 is 0. The minimum absolute atomic E-state index is 0.00653. The Kier molecular flexibility index (Phi) is 5.04. The van der Waals surface area contributed by atoms with Crippen LogP contribution in [0.1, 0.15) is 25.3 Å². The van der Waals surface area contributed by atoms with Crippen molar-refractivity contribution in [2.75, 3.05) is 13.7 Å². The second kappa shape index (κ2) is 7.42. The van der Waals surface area contributed by atoms with Gasteiger partial charge in [-0.2, -0.15) is 5.26 Å². The molecule has 1 atom stereocenters. The largest absolute Gasteiger partial charge is 0.496 e. The Morgan fingerprint density at radius 1 is 1.26 bits per heavy atom. The molecule has 0 saturated heterocycles. The van der Waals surface area contributed by atoms with E-state index in [9.17, 15) is 10.1 Å². The fourth-order valence-electron chi connectivity index (χ4n) is 3.39. The van der Waals surface area contributed by atoms with E-state index in [1.54, 1.807) is 21.0 Å². The quantitative estimate of drug-likeness (QED) is 0.835. The van der Waals surface area contributed by atoms with E-state index in [1.807, 2.05) is 36.4 Å². The van der Waals surface area contributed by atoms with Crippen molar-refractivity contribution in [3.8, 4) is 11.8 Å². The third-order valence-corrected chi connectivity index (χ3v) is 4.55. The molecule has 2 aromatic rings. The Hall–Kier alpha value is -3.46. The second-order valence-corrected chi connectivity index (χ2v) is 6.02. The van der Waals surface area contributed by atoms with Crippen LogP contribution in [0, 0.1) is 11.3 Å². The number of carbonyl (C=O) groups excluding carboxylic acids is 1. The van der Waals surface area contributed by atoms with E-state index in [0.717, 1.165) is 16.3 Å². The van der Waals surface area contributed by atoms with Crippen LogP contribution in [-0.2, 0) is 14.3 Å². The summed E-state index contributed by atoms with van der Waals surface area (Å²) in [5.41, 5.74) is 7.18. The summed E-state index contributed by atoms with van der Waals surface area (Å²) in [5, 5.41) is 11.5. The van der Waals surface area contributed by atoms with Crippen LogP contribution in [0.5, 0.6) is 5.75 Å². The number of carbonyl (C=O) groups is 1. The predicted molar refractivity (Wildman–Crippen MR) is 100 cm³/mol. The molecular weight excluding hydrogens is 344 g/mol. The van der Waals surface area contributed by atoms with Crippen molar-refractivity contribution in [2.24, 2.45) is 5.73 Å². The molecule has 0 spiro atoms. The van der Waals surface area contributed by atoms with Crippen molar-refractivity contribution in [2.45, 2.75) is 19.8 Å². The first-order valence-corrected chi connectivity index (χ1v) is 8.54. The number of hydrogen-bond donors (Lipinski definition) is 1. The number of rotatable bonds is 4. The molecule has 27 heavy (non-hydrogen) atoms. The Balaban J connectivity index is 2.31. The molecule has 0 fully saturated rings. The fourth-order valence-corrected chi connectivity index (χ4v) is 3.39. The summed E-state index contributed by atoms with van der Waals surface area (Å²) < 4.78 is 16.1. The summed E-state index contributed by atoms with van der Waals surface area (Å²) in [6, 6.07) is 13.4. The number of nitriles is 1. The molecule has 3 rings (SSSR count). The molecule has 0 radical (unpaired) electrons. The Morgan fingerprint density at radius 2 is 1.96 bits per heavy atom. The minimum atomic E-state index is -0.682. The lowest BCUT2D eigenvalue weighted by atomic mass is 9.81. The smallest absolute Gasteiger partial charge is 0.338 e. The molecule has 0 aromatic heterocycles. The first-order chi connectivity index (χ1) is 13.0. The maximum Gasteiger partial charge on any atom is 0.338 e. The van der Waals surface area contributed by atoms with Crippen LogP contribution in [0.3, 0.4) is 0 Å². The highest BCUT2D eigenvalue weighted by molar-refractivity contribution is 5.97. The van der Waals surface area contributed by atoms with E-state index in [1.165, 1.54) is 0 Å². The van der Waals surface area contributed by atoms with Crippen molar-refractivity contribution < 1.29 is 19.0 Å². The third kappa shape index (κ3) is 3.08. The molecule has 6 nitrogen and oxygen atoms in total. The molecule has 138 valence electrons. The van der Waals surface area contributed by atoms with Crippen LogP contribution in [0.2, 0.25) is 0 Å². The summed E-state index contributed by atoms with van der Waals surface area (Å²) in [5.74, 6) is -0.184. The van der Waals surface area contributed by atoms with Gasteiger partial charge in [-0.1, -0.05) is 30.3 Å². The molecule has 6 heteroatoms. The monoisotopic (exact) mass is 364 g/mol. The van der Waals surface area contributed by atoms with Gasteiger partial charge in [-0.15, -0.1) is 0 Å². The molecular formula is C21H20N2O4. The van der Waals surface area contributed by atoms with E-state index in [2.05, 4.69) is 6.07 Å². The number of benzene rings is 2. The highest BCUT2D eigenvalue weighted by atomic mass is 16.5. The van der Waals surface area contributed by atoms with Gasteiger partial charge in [0.05, 0.1) is 25.2 Å². The maximum atomic E-state index is 12.7. The van der Waals surface area contributed by atoms with Crippen LogP contribution in [0.15, 0.2) is 59.2 Å². The van der Waals surface area contributed by atoms with Gasteiger partial charge in [0, 0.05) is 5.39 Å². The number of hydrogen-bond acceptors (Lipinski definition) is 6. The van der Waals surface area contributed by atoms with Crippen molar-refractivity contribution in [3.05, 3.63) is 64.8 Å². The van der Waals surface area contributed by atoms with Gasteiger partial charge >= 0.3 is 5.97 Å². The molecule has 0 aliphatic carbocycles. The van der Waals surface area contributed by atoms with Crippen LogP contribution >= 0.6 is 0 Å². The molecule has 0 saturated carbocycles. The third-order valence-electron chi connectivity index (χ3n) is 4.55. The molecule has 2 aromatic carbocycles. The molecule has 1 aliphatic heterocycles. The minimum Gasteiger partial charge on any atom is -0.496 e. The number of ether oxygens (including phenoxy) is 3. The maximum absolute atomic E-state index is 12.7. The topological polar surface area (TPSA) is 94.6 Å². The predicted octanol–water partition coefficient (Wildman–Crippen LogP) is 3.49. The Morgan fingerprint density at radius 3 is 2.59 bits per heavy atom. The first kappa shape index (κ1) is 18.3. The molecule has 1 heterocycles. The average Bonchev–Trinajstić information content (AvgIpc) is 2.66. The summed E-state index contributed by atoms with van der Waals surface area (Å²) in [4.78, 5) is 12.7. The highest BCUT2D eigenvalue weighted by Crippen LogP contribution is 2.43. The van der Waals surface area contributed by atoms with E-state index < -0.39 is 11.9 Å². The molecule has 0 amide bonds. The number of esters is 1. The fraction of sp³-hybridized carbons (Fsp3) is 0.238. The average molecular weight is 364 g/mol. The lowest BCUT2D eigenvalue weighted by Crippen LogP contribution is -2.25. The van der Waals surface area contributed by atoms with Gasteiger partial charge in [-0.25, -0.2) is 4.79 Å². The molecule has 1 unspecified atom stereocenters. The zero-order valence-corrected chi connectivity index (χ0v) is 15.4. The van der Waals surface area contributed by atoms with Crippen molar-refractivity contribution >= 4 is 16.7 Å². The number of nitrogens with two attached hydrogens (primary N) is 1. The van der Waals surface area contributed by atoms with Gasteiger partial charge < -0.3 is 19.9 Å². The number of methoxy groups -OCH3 is 1. The zero-order chi connectivity index (χ0) is 19.6. The Bertz CT molecular complexity index is 1010. The second-order valence-electron chi connectivity index (χ2n) is 6.02. The van der Waals surface area contributed by atoms with Crippen LogP contribution < -0.4 is 10.5 Å². The molecule has 2 N–H and O–H groups in total. The van der Waals surface area contributed by atoms with Gasteiger partial charge in [-0.05, 0) is 30.9 Å². The van der Waals surface area contributed by atoms with E-state index in [-0.39, 0.29) is 23.6 Å². The number of nitrogens with zero attached hydrogens (tertiary/aromatic N) is 1. The van der Waals surface area contributed by atoms with E-state index in [4.69, 9.17) is 19.9 Å². The number of allylic oxidation sites excluding steroid dienone is 2. The van der Waals surface area contributed by atoms with Gasteiger partial charge in [0.25, 0.3) is 0 Å². The standard InChI is InChI=1S/C21H20N2O4/c1-4-26-21(24)18-12(2)27-20(23)16(11-22)19(18)15-9-10-17(25-3)14-8-6-5-7-13(14)15/h5-10,19H,4,23H2,1-3H3. The van der Waals surface area contributed by atoms with Crippen LogP contribution in [-0.4, -0.2) is 19.7 Å². The van der Waals surface area contributed by atoms with Crippen molar-refractivity contribution in [1.82, 2.24) is 0 Å². The lowest BCUT2D eigenvalue weighted by molar-refractivity contribution is -0.139. The van der Waals surface area contributed by atoms with Crippen LogP contribution in [0.25, 0.3) is 10.8 Å². The lowest BCUT2D eigenvalue weighted by Gasteiger charge is -2.27. The molecule has 1 aliphatic rings. The number of fused-ring (bicyclic) bond motifs is 1. The van der Waals surface area contributed by atoms with E-state index >= 15 is 0 Å². The van der Waals surface area contributed by atoms with Gasteiger partial charge in [0.15, 0.2) is 0 Å². The Labute approximate surface area is 157 Å². The SMILES string of the molecule is CCOC(=O)C1=C(C)OC(N)=C(C#N)C1c1ccc(OC)c2ccccc12. The summed E-state index contributed by atoms with van der Waals surface area (Å²) in [6.07, 6.45) is 0. The summed E-state index contributed by atoms with van der Waals surface area (Å²) in [6.45, 7) is 3.59. The first-order valence-electron chi connectivity index (χ1n) is 8.54. The van der Waals surface area contributed by atoms with Crippen molar-refractivity contribution in [1.29, 1.82) is 5.26 Å². The van der Waals surface area contributed by atoms with Gasteiger partial charge in [-0.3, -0.25) is 0 Å². The van der Waals surface area contributed by atoms with Gasteiger partial charge in [0.1, 0.15) is 23.2 Å². The van der Waals surface area contributed by atoms with E-state index in [0.29, 0.717) is 11.5 Å². The molecule has 0 bridgehead atoms. The van der Waals surface area contributed by atoms with Crippen LogP contribution in [0.4, 0.5) is 0 Å². The van der Waals surface area contributed by atoms with Crippen molar-refractivity contribution in [3.63, 3.8) is 0 Å². The summed E-state index contributed by atoms with van der Waals surface area (Å²) in [7, 11) is 1.60.